The van der Waals surface area contributed by atoms with E-state index in [2.05, 4.69) is 57.4 Å². The van der Waals surface area contributed by atoms with Crippen LogP contribution in [0.15, 0.2) is 49.1 Å². The second-order valence-corrected chi connectivity index (χ2v) is 11.2. The molecule has 3 fully saturated rings. The summed E-state index contributed by atoms with van der Waals surface area (Å²) < 4.78 is 0. The van der Waals surface area contributed by atoms with Gasteiger partial charge in [-0.15, -0.1) is 0 Å². The molecule has 2 bridgehead atoms. The molecule has 6 rings (SSSR count). The van der Waals surface area contributed by atoms with Gasteiger partial charge in [-0.2, -0.15) is 0 Å². The Morgan fingerprint density at radius 1 is 0.914 bits per heavy atom. The zero-order valence-corrected chi connectivity index (χ0v) is 21.3. The molecule has 3 atom stereocenters. The minimum absolute atomic E-state index is 0.607. The molecule has 5 heterocycles. The largest absolute Gasteiger partial charge is 0.357 e. The van der Waals surface area contributed by atoms with Gasteiger partial charge in [0.05, 0.1) is 30.5 Å². The first kappa shape index (κ1) is 22.8. The number of hydrogen-bond donors (Lipinski definition) is 0. The van der Waals surface area contributed by atoms with Crippen molar-refractivity contribution in [1.82, 2.24) is 24.7 Å². The van der Waals surface area contributed by atoms with E-state index in [0.717, 1.165) is 56.6 Å². The molecule has 0 N–H and O–H groups in total. The average Bonchev–Trinajstić information content (AvgIpc) is 3.33. The van der Waals surface area contributed by atoms with Crippen molar-refractivity contribution in [2.75, 3.05) is 37.6 Å². The standard InChI is InChI=1S/C29H40N6/c1-22(18-32-13-12-24-6-3-4-7-25(24)20-32)19-33-14-15-34(23(33)2)21-26-16-31-29(17-30-26)35-27-8-5-9-28(35)11-10-27/h3-4,6-7,16-17,22,27-28H,2,5,8-15,18-21H2,1H3/t22-,27?,28?/m1/s1. The molecule has 2 aromatic rings. The summed E-state index contributed by atoms with van der Waals surface area (Å²) in [5.41, 5.74) is 4.07. The maximum Gasteiger partial charge on any atom is 0.147 e. The van der Waals surface area contributed by atoms with Gasteiger partial charge in [-0.3, -0.25) is 9.88 Å². The van der Waals surface area contributed by atoms with Gasteiger partial charge in [0, 0.05) is 51.4 Å². The first-order chi connectivity index (χ1) is 17.1. The van der Waals surface area contributed by atoms with E-state index >= 15 is 0 Å². The zero-order chi connectivity index (χ0) is 23.8. The van der Waals surface area contributed by atoms with Gasteiger partial charge in [-0.1, -0.05) is 37.8 Å². The Morgan fingerprint density at radius 2 is 1.69 bits per heavy atom. The Hall–Kier alpha value is -2.60. The van der Waals surface area contributed by atoms with Crippen molar-refractivity contribution in [3.05, 3.63) is 65.9 Å². The lowest BCUT2D eigenvalue weighted by molar-refractivity contribution is 0.194. The molecule has 4 aliphatic heterocycles. The normalized spacial score (nSPS) is 25.3. The summed E-state index contributed by atoms with van der Waals surface area (Å²) in [6, 6.07) is 10.3. The molecule has 6 heteroatoms. The van der Waals surface area contributed by atoms with E-state index in [1.807, 2.05) is 12.4 Å². The number of rotatable bonds is 7. The summed E-state index contributed by atoms with van der Waals surface area (Å²) in [6.07, 6.45) is 11.8. The summed E-state index contributed by atoms with van der Waals surface area (Å²) in [5, 5.41) is 0. The second-order valence-electron chi connectivity index (χ2n) is 11.2. The first-order valence-electron chi connectivity index (χ1n) is 13.7. The Kier molecular flexibility index (Phi) is 6.40. The fraction of sp³-hybridized carbons (Fsp3) is 0.586. The van der Waals surface area contributed by atoms with Crippen LogP contribution in [-0.2, 0) is 19.5 Å². The number of hydrogen-bond acceptors (Lipinski definition) is 6. The lowest BCUT2D eigenvalue weighted by atomic mass is 9.99. The first-order valence-corrected chi connectivity index (χ1v) is 13.7. The number of nitrogens with zero attached hydrogens (tertiary/aromatic N) is 6. The van der Waals surface area contributed by atoms with E-state index in [9.17, 15) is 0 Å². The summed E-state index contributed by atoms with van der Waals surface area (Å²) in [4.78, 5) is 19.7. The van der Waals surface area contributed by atoms with Crippen LogP contribution >= 0.6 is 0 Å². The van der Waals surface area contributed by atoms with Crippen molar-refractivity contribution in [1.29, 1.82) is 0 Å². The topological polar surface area (TPSA) is 38.7 Å². The lowest BCUT2D eigenvalue weighted by Gasteiger charge is -2.35. The fourth-order valence-corrected chi connectivity index (χ4v) is 6.90. The number of anilines is 1. The number of fused-ring (bicyclic) bond motifs is 3. The van der Waals surface area contributed by atoms with Gasteiger partial charge in [0.2, 0.25) is 0 Å². The Labute approximate surface area is 210 Å². The van der Waals surface area contributed by atoms with Gasteiger partial charge in [0.25, 0.3) is 0 Å². The van der Waals surface area contributed by atoms with Gasteiger partial charge < -0.3 is 14.7 Å². The third-order valence-electron chi connectivity index (χ3n) is 8.69. The van der Waals surface area contributed by atoms with Crippen LogP contribution in [0.2, 0.25) is 0 Å². The minimum atomic E-state index is 0.607. The van der Waals surface area contributed by atoms with Crippen LogP contribution in [0.3, 0.4) is 0 Å². The van der Waals surface area contributed by atoms with Crippen molar-refractivity contribution >= 4 is 5.82 Å². The van der Waals surface area contributed by atoms with Gasteiger partial charge >= 0.3 is 0 Å². The summed E-state index contributed by atoms with van der Waals surface area (Å²) in [5.74, 6) is 2.83. The summed E-state index contributed by atoms with van der Waals surface area (Å²) >= 11 is 0. The zero-order valence-electron chi connectivity index (χ0n) is 21.3. The number of aromatic nitrogens is 2. The van der Waals surface area contributed by atoms with Crippen LogP contribution in [0.25, 0.3) is 0 Å². The van der Waals surface area contributed by atoms with Crippen LogP contribution in [0.4, 0.5) is 5.82 Å². The average molecular weight is 473 g/mol. The maximum atomic E-state index is 4.85. The minimum Gasteiger partial charge on any atom is -0.357 e. The molecule has 186 valence electrons. The highest BCUT2D eigenvalue weighted by molar-refractivity contribution is 5.41. The quantitative estimate of drug-likeness (QED) is 0.599. The summed E-state index contributed by atoms with van der Waals surface area (Å²) in [6.45, 7) is 14.2. The van der Waals surface area contributed by atoms with Crippen molar-refractivity contribution in [3.8, 4) is 0 Å². The SMILES string of the molecule is C=C1N(Cc2cnc(N3C4CCCC3CC4)cn2)CCN1C[C@H](C)CN1CCc2ccccc2C1. The maximum absolute atomic E-state index is 4.85. The molecule has 0 aliphatic carbocycles. The third kappa shape index (κ3) is 4.77. The molecular formula is C29H40N6. The van der Waals surface area contributed by atoms with Gasteiger partial charge in [-0.25, -0.2) is 4.98 Å². The third-order valence-corrected chi connectivity index (χ3v) is 8.69. The number of piperidine rings is 1. The van der Waals surface area contributed by atoms with Crippen molar-refractivity contribution in [3.63, 3.8) is 0 Å². The second kappa shape index (κ2) is 9.81. The Balaban J connectivity index is 1.00. The van der Waals surface area contributed by atoms with E-state index in [0.29, 0.717) is 18.0 Å². The molecule has 4 aliphatic rings. The molecule has 0 saturated carbocycles. The number of benzene rings is 1. The Morgan fingerprint density at radius 3 is 2.46 bits per heavy atom. The van der Waals surface area contributed by atoms with Gasteiger partial charge in [0.1, 0.15) is 5.82 Å². The highest BCUT2D eigenvalue weighted by Crippen LogP contribution is 2.38. The Bertz CT molecular complexity index is 1020. The van der Waals surface area contributed by atoms with Gasteiger partial charge in [-0.05, 0) is 55.6 Å². The van der Waals surface area contributed by atoms with E-state index in [1.54, 1.807) is 0 Å². The predicted molar refractivity (Wildman–Crippen MR) is 141 cm³/mol. The van der Waals surface area contributed by atoms with Crippen molar-refractivity contribution in [2.45, 2.75) is 70.6 Å². The molecule has 3 saturated heterocycles. The molecule has 0 radical (unpaired) electrons. The van der Waals surface area contributed by atoms with Crippen LogP contribution < -0.4 is 4.90 Å². The highest BCUT2D eigenvalue weighted by Gasteiger charge is 2.37. The van der Waals surface area contributed by atoms with Crippen LogP contribution in [-0.4, -0.2) is 69.5 Å². The van der Waals surface area contributed by atoms with E-state index in [4.69, 9.17) is 9.97 Å². The van der Waals surface area contributed by atoms with Crippen molar-refractivity contribution < 1.29 is 0 Å². The van der Waals surface area contributed by atoms with Crippen LogP contribution in [0.1, 0.15) is 55.8 Å². The molecule has 35 heavy (non-hydrogen) atoms. The lowest BCUT2D eigenvalue weighted by Crippen LogP contribution is -2.40. The van der Waals surface area contributed by atoms with Gasteiger partial charge in [0.15, 0.2) is 0 Å². The van der Waals surface area contributed by atoms with E-state index < -0.39 is 0 Å². The monoisotopic (exact) mass is 472 g/mol. The molecular weight excluding hydrogens is 432 g/mol. The predicted octanol–water partition coefficient (Wildman–Crippen LogP) is 4.28. The van der Waals surface area contributed by atoms with E-state index in [1.165, 1.54) is 56.2 Å². The summed E-state index contributed by atoms with van der Waals surface area (Å²) in [7, 11) is 0. The molecule has 1 aromatic carbocycles. The smallest absolute Gasteiger partial charge is 0.147 e. The van der Waals surface area contributed by atoms with Crippen LogP contribution in [0, 0.1) is 5.92 Å². The molecule has 0 spiro atoms. The molecule has 1 aromatic heterocycles. The molecule has 6 nitrogen and oxygen atoms in total. The molecule has 2 unspecified atom stereocenters. The fourth-order valence-electron chi connectivity index (χ4n) is 6.90. The van der Waals surface area contributed by atoms with Crippen molar-refractivity contribution in [2.24, 2.45) is 5.92 Å². The van der Waals surface area contributed by atoms with E-state index in [-0.39, 0.29) is 0 Å². The van der Waals surface area contributed by atoms with Crippen LogP contribution in [0.5, 0.6) is 0 Å². The molecule has 0 amide bonds. The highest BCUT2D eigenvalue weighted by atomic mass is 15.4.